The van der Waals surface area contributed by atoms with E-state index in [0.717, 1.165) is 42.3 Å². The van der Waals surface area contributed by atoms with Gasteiger partial charge in [-0.05, 0) is 56.9 Å². The fraction of sp³-hybridized carbons (Fsp3) is 0.409. The van der Waals surface area contributed by atoms with Gasteiger partial charge in [0.15, 0.2) is 5.49 Å². The van der Waals surface area contributed by atoms with E-state index in [1.165, 1.54) is 12.1 Å². The first-order valence-electron chi connectivity index (χ1n) is 10.3. The fourth-order valence-electron chi connectivity index (χ4n) is 4.09. The van der Waals surface area contributed by atoms with Crippen molar-refractivity contribution >= 4 is 28.2 Å². The summed E-state index contributed by atoms with van der Waals surface area (Å²) in [5.41, 5.74) is 1.39. The van der Waals surface area contributed by atoms with Gasteiger partial charge < -0.3 is 20.5 Å². The van der Waals surface area contributed by atoms with Crippen molar-refractivity contribution in [2.24, 2.45) is 0 Å². The van der Waals surface area contributed by atoms with Gasteiger partial charge in [-0.1, -0.05) is 6.07 Å². The third kappa shape index (κ3) is 4.13. The summed E-state index contributed by atoms with van der Waals surface area (Å²) in [6.07, 6.45) is 5.20. The van der Waals surface area contributed by atoms with Crippen LogP contribution >= 0.6 is 0 Å². The number of hydrogen-bond donors (Lipinski definition) is 4. The Bertz CT molecular complexity index is 1180. The van der Waals surface area contributed by atoms with Crippen molar-refractivity contribution in [1.82, 2.24) is 14.5 Å². The summed E-state index contributed by atoms with van der Waals surface area (Å²) in [7, 11) is 3.77. The zero-order valence-electron chi connectivity index (χ0n) is 18.0. The molecule has 1 saturated carbocycles. The maximum absolute atomic E-state index is 12.8. The minimum atomic E-state index is -0.599. The van der Waals surface area contributed by atoms with Crippen LogP contribution in [0.5, 0.6) is 0 Å². The number of nitrogens with zero attached hydrogens (tertiary/aromatic N) is 4. The van der Waals surface area contributed by atoms with E-state index in [4.69, 9.17) is 10.5 Å². The fourth-order valence-corrected chi connectivity index (χ4v) is 4.09. The highest BCUT2D eigenvalue weighted by molar-refractivity contribution is 6.06. The average Bonchev–Trinajstić information content (AvgIpc) is 3.12. The van der Waals surface area contributed by atoms with Crippen LogP contribution in [0.3, 0.4) is 0 Å². The zero-order valence-corrected chi connectivity index (χ0v) is 18.0. The summed E-state index contributed by atoms with van der Waals surface area (Å²) >= 11 is 0. The van der Waals surface area contributed by atoms with Crippen LogP contribution in [0, 0.1) is 5.41 Å². The van der Waals surface area contributed by atoms with Crippen LogP contribution in [0.15, 0.2) is 36.5 Å². The molecule has 1 aliphatic rings. The summed E-state index contributed by atoms with van der Waals surface area (Å²) < 4.78 is 2.52. The quantitative estimate of drug-likeness (QED) is 0.480. The molecular formula is C22H28N6O3. The van der Waals surface area contributed by atoms with Crippen LogP contribution in [0.1, 0.15) is 49.1 Å². The Labute approximate surface area is 180 Å². The monoisotopic (exact) mass is 424 g/mol. The Hall–Kier alpha value is -3.33. The lowest BCUT2D eigenvalue weighted by Gasteiger charge is -2.33. The molecule has 1 amide bonds. The number of carbonyl (C=O) groups is 1. The molecule has 2 heterocycles. The molecule has 2 aromatic heterocycles. The molecule has 4 N–H and O–H groups in total. The summed E-state index contributed by atoms with van der Waals surface area (Å²) in [6, 6.07) is 8.43. The Morgan fingerprint density at radius 2 is 2.00 bits per heavy atom. The van der Waals surface area contributed by atoms with Gasteiger partial charge in [-0.15, -0.1) is 0 Å². The maximum Gasteiger partial charge on any atom is 0.275 e. The van der Waals surface area contributed by atoms with Crippen molar-refractivity contribution in [3.05, 3.63) is 47.7 Å². The second-order valence-corrected chi connectivity index (χ2v) is 8.72. The van der Waals surface area contributed by atoms with E-state index in [-0.39, 0.29) is 17.2 Å². The Balaban J connectivity index is 1.66. The highest BCUT2D eigenvalue weighted by atomic mass is 16.5. The molecular weight excluding hydrogens is 396 g/mol. The van der Waals surface area contributed by atoms with Gasteiger partial charge in [0.2, 0.25) is 0 Å². The van der Waals surface area contributed by atoms with Crippen LogP contribution in [0.2, 0.25) is 0 Å². The van der Waals surface area contributed by atoms with Crippen LogP contribution < -0.4 is 15.7 Å². The molecule has 0 unspecified atom stereocenters. The Morgan fingerprint density at radius 3 is 2.68 bits per heavy atom. The number of benzene rings is 1. The molecule has 0 radical (unpaired) electrons. The van der Waals surface area contributed by atoms with E-state index in [1.54, 1.807) is 6.07 Å². The van der Waals surface area contributed by atoms with Gasteiger partial charge in [0.1, 0.15) is 5.69 Å². The van der Waals surface area contributed by atoms with E-state index in [9.17, 15) is 15.1 Å². The lowest BCUT2D eigenvalue weighted by molar-refractivity contribution is 0.00860. The number of aliphatic hydroxyl groups is 1. The summed E-state index contributed by atoms with van der Waals surface area (Å²) in [5.74, 6) is -0.513. The number of carbonyl (C=O) groups excluding carboxylic acids is 1. The van der Waals surface area contributed by atoms with Gasteiger partial charge in [-0.25, -0.2) is 0 Å². The van der Waals surface area contributed by atoms with E-state index < -0.39 is 11.5 Å². The van der Waals surface area contributed by atoms with Crippen molar-refractivity contribution in [3.8, 4) is 0 Å². The van der Waals surface area contributed by atoms with Crippen LogP contribution in [0.25, 0.3) is 10.9 Å². The van der Waals surface area contributed by atoms with E-state index in [0.29, 0.717) is 10.4 Å². The second kappa shape index (κ2) is 7.73. The van der Waals surface area contributed by atoms with Crippen molar-refractivity contribution in [2.75, 3.05) is 24.3 Å². The number of rotatable bonds is 4. The summed E-state index contributed by atoms with van der Waals surface area (Å²) in [6.45, 7) is 1.88. The number of aromatic nitrogens is 3. The van der Waals surface area contributed by atoms with Crippen LogP contribution in [0.4, 0.5) is 11.4 Å². The van der Waals surface area contributed by atoms with Crippen LogP contribution in [-0.2, 0) is 0 Å². The summed E-state index contributed by atoms with van der Waals surface area (Å²) in [4.78, 5) is 14.7. The first kappa shape index (κ1) is 20.9. The normalized spacial score (nSPS) is 21.2. The molecule has 1 aliphatic carbocycles. The van der Waals surface area contributed by atoms with Crippen molar-refractivity contribution < 1.29 is 15.1 Å². The molecule has 0 aliphatic heterocycles. The Morgan fingerprint density at radius 1 is 1.29 bits per heavy atom. The molecule has 0 bridgehead atoms. The third-order valence-electron chi connectivity index (χ3n) is 5.97. The number of pyridine rings is 1. The van der Waals surface area contributed by atoms with Gasteiger partial charge in [0, 0.05) is 25.7 Å². The number of anilines is 2. The predicted octanol–water partition coefficient (Wildman–Crippen LogP) is 2.74. The molecule has 3 aromatic rings. The topological polar surface area (TPSA) is 119 Å². The molecule has 0 spiro atoms. The van der Waals surface area contributed by atoms with Gasteiger partial charge in [0.25, 0.3) is 5.91 Å². The minimum Gasteiger partial charge on any atom is -0.426 e. The lowest BCUT2D eigenvalue weighted by atomic mass is 9.84. The number of nitrogens with one attached hydrogen (secondary N) is 2. The third-order valence-corrected chi connectivity index (χ3v) is 5.97. The molecule has 4 rings (SSSR count). The first-order valence-corrected chi connectivity index (χ1v) is 10.3. The number of hydrogen-bond acceptors (Lipinski definition) is 6. The minimum absolute atomic E-state index is 0.0257. The summed E-state index contributed by atoms with van der Waals surface area (Å²) in [5, 5.41) is 36.4. The molecule has 31 heavy (non-hydrogen) atoms. The molecule has 9 nitrogen and oxygen atoms in total. The second-order valence-electron chi connectivity index (χ2n) is 8.72. The molecule has 164 valence electrons. The molecule has 0 saturated heterocycles. The van der Waals surface area contributed by atoms with Gasteiger partial charge in [0.05, 0.1) is 28.5 Å². The molecule has 1 fully saturated rings. The molecule has 0 atom stereocenters. The Kier molecular flexibility index (Phi) is 5.22. The zero-order chi connectivity index (χ0) is 22.3. The maximum atomic E-state index is 12.8. The van der Waals surface area contributed by atoms with Gasteiger partial charge >= 0.3 is 0 Å². The highest BCUT2D eigenvalue weighted by Crippen LogP contribution is 2.36. The van der Waals surface area contributed by atoms with Crippen molar-refractivity contribution in [3.63, 3.8) is 0 Å². The highest BCUT2D eigenvalue weighted by Gasteiger charge is 2.30. The smallest absolute Gasteiger partial charge is 0.275 e. The number of fused-ring (bicyclic) bond motifs is 1. The van der Waals surface area contributed by atoms with E-state index >= 15 is 0 Å². The van der Waals surface area contributed by atoms with E-state index in [1.807, 2.05) is 48.9 Å². The predicted molar refractivity (Wildman–Crippen MR) is 118 cm³/mol. The largest absolute Gasteiger partial charge is 0.426 e. The van der Waals surface area contributed by atoms with Crippen molar-refractivity contribution in [2.45, 2.75) is 44.2 Å². The van der Waals surface area contributed by atoms with Crippen LogP contribution in [-0.4, -0.2) is 50.4 Å². The number of amides is 1. The van der Waals surface area contributed by atoms with Gasteiger partial charge in [-0.3, -0.25) is 14.9 Å². The average molecular weight is 425 g/mol. The van der Waals surface area contributed by atoms with E-state index in [2.05, 4.69) is 5.32 Å². The molecule has 9 heteroatoms. The standard InChI is InChI=1S/C22H28N6O3/c1-22(30)9-7-15(8-10-22)27-13-14-11-17(19(26(2)3)12-16(14)25-27)24-21(29)18-5-4-6-20(23)28(18)31/h4-6,11-13,15,23,30-31H,7-10H2,1-3H3,(H,24,29). The lowest BCUT2D eigenvalue weighted by Crippen LogP contribution is -2.31. The SMILES string of the molecule is CN(C)c1cc2nn(C3CCC(C)(O)CC3)cc2cc1NC(=O)c1cccc(=N)n1O. The van der Waals surface area contributed by atoms with Gasteiger partial charge in [-0.2, -0.15) is 9.83 Å². The first-order chi connectivity index (χ1) is 14.6. The molecule has 1 aromatic carbocycles. The van der Waals surface area contributed by atoms with Crippen molar-refractivity contribution in [1.29, 1.82) is 5.41 Å².